The highest BCUT2D eigenvalue weighted by molar-refractivity contribution is 8.02. The van der Waals surface area contributed by atoms with Gasteiger partial charge in [0.25, 0.3) is 5.69 Å². The molecule has 0 fully saturated rings. The normalized spacial score (nSPS) is 11.9. The SMILES string of the molecule is CC(Sc1nnc(N)s1)C(=O)Nc1ccccc1[N+](=O)[O-]. The Labute approximate surface area is 127 Å². The Balaban J connectivity index is 2.05. The first kappa shape index (κ1) is 15.2. The van der Waals surface area contributed by atoms with Gasteiger partial charge in [0.2, 0.25) is 11.0 Å². The van der Waals surface area contributed by atoms with Crippen LogP contribution in [0.15, 0.2) is 28.6 Å². The fourth-order valence-electron chi connectivity index (χ4n) is 1.45. The van der Waals surface area contributed by atoms with Crippen molar-refractivity contribution in [1.82, 2.24) is 10.2 Å². The summed E-state index contributed by atoms with van der Waals surface area (Å²) < 4.78 is 0.567. The van der Waals surface area contributed by atoms with Crippen LogP contribution in [-0.4, -0.2) is 26.3 Å². The molecule has 1 amide bonds. The van der Waals surface area contributed by atoms with Crippen LogP contribution in [0, 0.1) is 10.1 Å². The number of hydrogen-bond donors (Lipinski definition) is 2. The Hall–Kier alpha value is -2.20. The molecule has 10 heteroatoms. The fourth-order valence-corrected chi connectivity index (χ4v) is 3.23. The van der Waals surface area contributed by atoms with E-state index in [0.717, 1.165) is 0 Å². The van der Waals surface area contributed by atoms with Crippen molar-refractivity contribution in [1.29, 1.82) is 0 Å². The van der Waals surface area contributed by atoms with Crippen LogP contribution in [0.5, 0.6) is 0 Å². The zero-order valence-corrected chi connectivity index (χ0v) is 12.5. The molecule has 0 spiro atoms. The van der Waals surface area contributed by atoms with Crippen LogP contribution in [0.2, 0.25) is 0 Å². The number of amides is 1. The number of nitro benzene ring substituents is 1. The van der Waals surface area contributed by atoms with Gasteiger partial charge >= 0.3 is 0 Å². The molecule has 1 aromatic heterocycles. The Morgan fingerprint density at radius 3 is 2.81 bits per heavy atom. The average molecular weight is 325 g/mol. The number of thioether (sulfide) groups is 1. The minimum Gasteiger partial charge on any atom is -0.374 e. The molecular weight excluding hydrogens is 314 g/mol. The van der Waals surface area contributed by atoms with Crippen molar-refractivity contribution in [3.8, 4) is 0 Å². The van der Waals surface area contributed by atoms with Gasteiger partial charge in [-0.1, -0.05) is 35.2 Å². The summed E-state index contributed by atoms with van der Waals surface area (Å²) in [4.78, 5) is 22.4. The van der Waals surface area contributed by atoms with Gasteiger partial charge in [0.05, 0.1) is 10.2 Å². The second-order valence-electron chi connectivity index (χ2n) is 3.93. The maximum absolute atomic E-state index is 12.1. The van der Waals surface area contributed by atoms with Crippen molar-refractivity contribution in [3.05, 3.63) is 34.4 Å². The molecule has 110 valence electrons. The Morgan fingerprint density at radius 1 is 1.48 bits per heavy atom. The highest BCUT2D eigenvalue weighted by Crippen LogP contribution is 2.29. The summed E-state index contributed by atoms with van der Waals surface area (Å²) >= 11 is 2.37. The topological polar surface area (TPSA) is 124 Å². The number of aromatic nitrogens is 2. The highest BCUT2D eigenvalue weighted by atomic mass is 32.2. The van der Waals surface area contributed by atoms with Crippen LogP contribution in [-0.2, 0) is 4.79 Å². The van der Waals surface area contributed by atoms with E-state index in [0.29, 0.717) is 9.47 Å². The summed E-state index contributed by atoms with van der Waals surface area (Å²) in [6.07, 6.45) is 0. The molecular formula is C11H11N5O3S2. The lowest BCUT2D eigenvalue weighted by Gasteiger charge is -2.10. The van der Waals surface area contributed by atoms with E-state index in [1.807, 2.05) is 0 Å². The quantitative estimate of drug-likeness (QED) is 0.490. The predicted molar refractivity (Wildman–Crippen MR) is 81.4 cm³/mol. The van der Waals surface area contributed by atoms with E-state index in [-0.39, 0.29) is 17.3 Å². The molecule has 0 aliphatic rings. The van der Waals surface area contributed by atoms with Crippen LogP contribution in [0.1, 0.15) is 6.92 Å². The smallest absolute Gasteiger partial charge is 0.292 e. The lowest BCUT2D eigenvalue weighted by molar-refractivity contribution is -0.383. The molecule has 2 aromatic rings. The number of nitrogens with two attached hydrogens (primary N) is 1. The Bertz CT molecular complexity index is 675. The lowest BCUT2D eigenvalue weighted by atomic mass is 10.2. The molecule has 1 atom stereocenters. The van der Waals surface area contributed by atoms with E-state index in [2.05, 4.69) is 15.5 Å². The molecule has 0 saturated heterocycles. The van der Waals surface area contributed by atoms with E-state index in [9.17, 15) is 14.9 Å². The monoisotopic (exact) mass is 325 g/mol. The van der Waals surface area contributed by atoms with E-state index in [4.69, 9.17) is 5.73 Å². The first-order valence-electron chi connectivity index (χ1n) is 5.77. The van der Waals surface area contributed by atoms with Crippen molar-refractivity contribution in [2.75, 3.05) is 11.1 Å². The van der Waals surface area contributed by atoms with Gasteiger partial charge in [0, 0.05) is 6.07 Å². The van der Waals surface area contributed by atoms with Crippen molar-refractivity contribution in [2.24, 2.45) is 0 Å². The van der Waals surface area contributed by atoms with E-state index < -0.39 is 10.2 Å². The predicted octanol–water partition coefficient (Wildman–Crippen LogP) is 2.15. The molecule has 3 N–H and O–H groups in total. The maximum Gasteiger partial charge on any atom is 0.292 e. The van der Waals surface area contributed by atoms with Crippen LogP contribution < -0.4 is 11.1 Å². The van der Waals surface area contributed by atoms with Crippen molar-refractivity contribution in [2.45, 2.75) is 16.5 Å². The van der Waals surface area contributed by atoms with Gasteiger partial charge in [-0.05, 0) is 13.0 Å². The van der Waals surface area contributed by atoms with Crippen molar-refractivity contribution in [3.63, 3.8) is 0 Å². The number of anilines is 2. The molecule has 21 heavy (non-hydrogen) atoms. The van der Waals surface area contributed by atoms with Crippen LogP contribution >= 0.6 is 23.1 Å². The van der Waals surface area contributed by atoms with Gasteiger partial charge in [-0.3, -0.25) is 14.9 Å². The first-order chi connectivity index (χ1) is 9.97. The number of para-hydroxylation sites is 2. The van der Waals surface area contributed by atoms with Crippen LogP contribution in [0.3, 0.4) is 0 Å². The molecule has 8 nitrogen and oxygen atoms in total. The summed E-state index contributed by atoms with van der Waals surface area (Å²) in [6.45, 7) is 1.67. The summed E-state index contributed by atoms with van der Waals surface area (Å²) in [6, 6.07) is 5.97. The molecule has 2 rings (SSSR count). The molecule has 0 aliphatic carbocycles. The van der Waals surface area contributed by atoms with Crippen molar-refractivity contribution < 1.29 is 9.72 Å². The number of carbonyl (C=O) groups is 1. The minimum atomic E-state index is -0.543. The zero-order chi connectivity index (χ0) is 15.4. The number of benzene rings is 1. The van der Waals surface area contributed by atoms with Gasteiger partial charge in [0.1, 0.15) is 5.69 Å². The highest BCUT2D eigenvalue weighted by Gasteiger charge is 2.20. The molecule has 0 radical (unpaired) electrons. The van der Waals surface area contributed by atoms with Gasteiger partial charge < -0.3 is 11.1 Å². The number of nitrogens with one attached hydrogen (secondary N) is 1. The van der Waals surface area contributed by atoms with E-state index in [1.54, 1.807) is 13.0 Å². The number of carbonyl (C=O) groups excluding carboxylic acids is 1. The number of nitro groups is 1. The van der Waals surface area contributed by atoms with Gasteiger partial charge in [-0.25, -0.2) is 0 Å². The summed E-state index contributed by atoms with van der Waals surface area (Å²) in [5.74, 6) is -0.358. The Morgan fingerprint density at radius 2 is 2.19 bits per heavy atom. The van der Waals surface area contributed by atoms with Gasteiger partial charge in [0.15, 0.2) is 4.34 Å². The largest absolute Gasteiger partial charge is 0.374 e. The summed E-state index contributed by atoms with van der Waals surface area (Å²) in [5.41, 5.74) is 5.48. The molecule has 0 aliphatic heterocycles. The summed E-state index contributed by atoms with van der Waals surface area (Å²) in [5, 5.41) is 20.7. The zero-order valence-electron chi connectivity index (χ0n) is 10.8. The molecule has 0 saturated carbocycles. The molecule has 1 aromatic carbocycles. The number of rotatable bonds is 5. The number of hydrogen-bond acceptors (Lipinski definition) is 8. The third-order valence-electron chi connectivity index (χ3n) is 2.43. The first-order valence-corrected chi connectivity index (χ1v) is 7.47. The van der Waals surface area contributed by atoms with E-state index in [1.165, 1.54) is 41.3 Å². The Kier molecular flexibility index (Phi) is 4.70. The number of nitrogen functional groups attached to an aromatic ring is 1. The second-order valence-corrected chi connectivity index (χ2v) is 6.53. The van der Waals surface area contributed by atoms with E-state index >= 15 is 0 Å². The maximum atomic E-state index is 12.1. The minimum absolute atomic E-state index is 0.150. The second kappa shape index (κ2) is 6.50. The molecule has 1 unspecified atom stereocenters. The number of nitrogens with zero attached hydrogens (tertiary/aromatic N) is 3. The van der Waals surface area contributed by atoms with Crippen LogP contribution in [0.4, 0.5) is 16.5 Å². The summed E-state index contributed by atoms with van der Waals surface area (Å²) in [7, 11) is 0. The lowest BCUT2D eigenvalue weighted by Crippen LogP contribution is -2.22. The third-order valence-corrected chi connectivity index (χ3v) is 4.36. The average Bonchev–Trinajstić information content (AvgIpc) is 2.84. The van der Waals surface area contributed by atoms with Gasteiger partial charge in [-0.15, -0.1) is 10.2 Å². The molecule has 1 heterocycles. The fraction of sp³-hybridized carbons (Fsp3) is 0.182. The van der Waals surface area contributed by atoms with Gasteiger partial charge in [-0.2, -0.15) is 0 Å². The standard InChI is InChI=1S/C11H11N5O3S2/c1-6(20-11-15-14-10(12)21-11)9(17)13-7-4-2-3-5-8(7)16(18)19/h2-6H,1H3,(H2,12,14)(H,13,17). The third kappa shape index (κ3) is 3.89. The van der Waals surface area contributed by atoms with Crippen molar-refractivity contribution >= 4 is 45.5 Å². The molecule has 0 bridgehead atoms. The van der Waals surface area contributed by atoms with Crippen LogP contribution in [0.25, 0.3) is 0 Å².